The number of hydrogen-bond acceptors (Lipinski definition) is 4. The number of carbonyl (C=O) groups is 2. The summed E-state index contributed by atoms with van der Waals surface area (Å²) in [7, 11) is 0. The maximum absolute atomic E-state index is 13.1. The molecule has 0 aliphatic carbocycles. The molecule has 108 valence electrons. The normalized spacial score (nSPS) is 25.4. The number of halogens is 1. The largest absolute Gasteiger partial charge is 0.478 e. The summed E-state index contributed by atoms with van der Waals surface area (Å²) < 4.78 is 18.2. The van der Waals surface area contributed by atoms with Crippen LogP contribution >= 0.6 is 0 Å². The second kappa shape index (κ2) is 5.18. The Labute approximate surface area is 114 Å². The lowest BCUT2D eigenvalue weighted by Crippen LogP contribution is -2.47. The minimum absolute atomic E-state index is 0.0317. The molecule has 1 amide bonds. The summed E-state index contributed by atoms with van der Waals surface area (Å²) >= 11 is 0. The van der Waals surface area contributed by atoms with Gasteiger partial charge in [0.15, 0.2) is 0 Å². The number of carboxylic acid groups (broad SMARTS) is 1. The third kappa shape index (κ3) is 2.50. The quantitative estimate of drug-likeness (QED) is 0.762. The monoisotopic (exact) mass is 282 g/mol. The smallest absolute Gasteiger partial charge is 0.337 e. The molecule has 0 bridgehead atoms. The van der Waals surface area contributed by atoms with Gasteiger partial charge in [-0.1, -0.05) is 0 Å². The van der Waals surface area contributed by atoms with Gasteiger partial charge < -0.3 is 20.9 Å². The molecule has 2 atom stereocenters. The number of anilines is 1. The van der Waals surface area contributed by atoms with Crippen molar-refractivity contribution in [3.05, 3.63) is 29.6 Å². The molecule has 1 fully saturated rings. The number of ether oxygens (including phenoxy) is 1. The van der Waals surface area contributed by atoms with Crippen LogP contribution < -0.4 is 11.1 Å². The molecule has 20 heavy (non-hydrogen) atoms. The van der Waals surface area contributed by atoms with Crippen LogP contribution in [0.1, 0.15) is 17.3 Å². The molecule has 0 aromatic heterocycles. The van der Waals surface area contributed by atoms with Gasteiger partial charge in [0.05, 0.1) is 29.9 Å². The Kier molecular flexibility index (Phi) is 3.74. The van der Waals surface area contributed by atoms with Crippen molar-refractivity contribution < 1.29 is 23.8 Å². The van der Waals surface area contributed by atoms with Crippen molar-refractivity contribution in [3.8, 4) is 0 Å². The Bertz CT molecular complexity index is 563. The second-order valence-corrected chi connectivity index (χ2v) is 4.99. The first-order valence-corrected chi connectivity index (χ1v) is 6.02. The highest BCUT2D eigenvalue weighted by atomic mass is 19.1. The summed E-state index contributed by atoms with van der Waals surface area (Å²) in [6.07, 6.45) is 0. The lowest BCUT2D eigenvalue weighted by Gasteiger charge is -2.25. The van der Waals surface area contributed by atoms with Crippen LogP contribution in [0.25, 0.3) is 0 Å². The van der Waals surface area contributed by atoms with Crippen molar-refractivity contribution in [2.75, 3.05) is 18.5 Å². The van der Waals surface area contributed by atoms with Gasteiger partial charge in [0.1, 0.15) is 5.82 Å². The van der Waals surface area contributed by atoms with E-state index in [0.29, 0.717) is 0 Å². The van der Waals surface area contributed by atoms with E-state index >= 15 is 0 Å². The third-order valence-electron chi connectivity index (χ3n) is 3.50. The van der Waals surface area contributed by atoms with Crippen LogP contribution in [0.4, 0.5) is 10.1 Å². The van der Waals surface area contributed by atoms with E-state index in [2.05, 4.69) is 5.32 Å². The molecule has 0 spiro atoms. The van der Waals surface area contributed by atoms with E-state index in [1.165, 1.54) is 6.07 Å². The molecule has 0 saturated carbocycles. The molecule has 6 nitrogen and oxygen atoms in total. The summed E-state index contributed by atoms with van der Waals surface area (Å²) in [5.74, 6) is -2.46. The lowest BCUT2D eigenvalue weighted by molar-refractivity contribution is -0.125. The van der Waals surface area contributed by atoms with Crippen LogP contribution in [0.2, 0.25) is 0 Å². The highest BCUT2D eigenvalue weighted by molar-refractivity contribution is 6.02. The van der Waals surface area contributed by atoms with E-state index in [4.69, 9.17) is 15.6 Å². The van der Waals surface area contributed by atoms with E-state index in [1.807, 2.05) is 0 Å². The van der Waals surface area contributed by atoms with E-state index < -0.39 is 29.2 Å². The topological polar surface area (TPSA) is 102 Å². The van der Waals surface area contributed by atoms with Crippen molar-refractivity contribution in [2.45, 2.75) is 13.0 Å². The van der Waals surface area contributed by atoms with E-state index in [1.54, 1.807) is 6.92 Å². The highest BCUT2D eigenvalue weighted by Crippen LogP contribution is 2.29. The molecule has 1 heterocycles. The number of nitrogens with one attached hydrogen (secondary N) is 1. The Morgan fingerprint density at radius 2 is 2.25 bits per heavy atom. The van der Waals surface area contributed by atoms with Gasteiger partial charge in [0, 0.05) is 6.04 Å². The minimum atomic E-state index is -1.32. The molecule has 1 aliphatic heterocycles. The maximum Gasteiger partial charge on any atom is 0.337 e. The van der Waals surface area contributed by atoms with Crippen molar-refractivity contribution in [1.82, 2.24) is 0 Å². The highest BCUT2D eigenvalue weighted by Gasteiger charge is 2.44. The predicted octanol–water partition coefficient (Wildman–Crippen LogP) is 0.826. The summed E-state index contributed by atoms with van der Waals surface area (Å²) in [5, 5.41) is 11.5. The average Bonchev–Trinajstić information content (AvgIpc) is 2.73. The molecule has 1 aromatic rings. The van der Waals surface area contributed by atoms with Crippen molar-refractivity contribution >= 4 is 17.6 Å². The molecule has 1 saturated heterocycles. The second-order valence-electron chi connectivity index (χ2n) is 4.99. The first-order valence-electron chi connectivity index (χ1n) is 6.02. The van der Waals surface area contributed by atoms with Crippen LogP contribution in [0.5, 0.6) is 0 Å². The Morgan fingerprint density at radius 3 is 2.80 bits per heavy atom. The van der Waals surface area contributed by atoms with E-state index in [0.717, 1.165) is 12.1 Å². The molecule has 7 heteroatoms. The van der Waals surface area contributed by atoms with Crippen molar-refractivity contribution in [1.29, 1.82) is 0 Å². The zero-order valence-corrected chi connectivity index (χ0v) is 10.9. The number of hydrogen-bond donors (Lipinski definition) is 3. The zero-order chi connectivity index (χ0) is 14.9. The molecule has 2 unspecified atom stereocenters. The van der Waals surface area contributed by atoms with Gasteiger partial charge in [0.25, 0.3) is 0 Å². The minimum Gasteiger partial charge on any atom is -0.478 e. The number of nitrogens with two attached hydrogens (primary N) is 1. The Balaban J connectivity index is 2.26. The zero-order valence-electron chi connectivity index (χ0n) is 10.9. The first kappa shape index (κ1) is 14.4. The molecule has 1 aliphatic rings. The molecule has 1 aromatic carbocycles. The van der Waals surface area contributed by atoms with Crippen LogP contribution in [-0.4, -0.2) is 36.2 Å². The summed E-state index contributed by atoms with van der Waals surface area (Å²) in [6, 6.07) is 2.67. The third-order valence-corrected chi connectivity index (χ3v) is 3.50. The van der Waals surface area contributed by atoms with Crippen molar-refractivity contribution in [3.63, 3.8) is 0 Å². The summed E-state index contributed by atoms with van der Waals surface area (Å²) in [6.45, 7) is 2.06. The maximum atomic E-state index is 13.1. The fourth-order valence-electron chi connectivity index (χ4n) is 1.99. The Hall–Kier alpha value is -1.99. The van der Waals surface area contributed by atoms with Gasteiger partial charge in [-0.05, 0) is 25.1 Å². The fraction of sp³-hybridized carbons (Fsp3) is 0.385. The van der Waals surface area contributed by atoms with Gasteiger partial charge in [-0.2, -0.15) is 0 Å². The van der Waals surface area contributed by atoms with Gasteiger partial charge in [-0.15, -0.1) is 0 Å². The molecular weight excluding hydrogens is 267 g/mol. The van der Waals surface area contributed by atoms with Crippen LogP contribution in [-0.2, 0) is 9.53 Å². The van der Waals surface area contributed by atoms with Crippen LogP contribution in [0, 0.1) is 11.2 Å². The fourth-order valence-corrected chi connectivity index (χ4v) is 1.99. The number of carboxylic acids is 1. The lowest BCUT2D eigenvalue weighted by atomic mass is 9.84. The van der Waals surface area contributed by atoms with Crippen molar-refractivity contribution in [2.24, 2.45) is 11.1 Å². The number of benzene rings is 1. The molecule has 0 radical (unpaired) electrons. The van der Waals surface area contributed by atoms with E-state index in [9.17, 15) is 14.0 Å². The molecule has 2 rings (SSSR count). The van der Waals surface area contributed by atoms with Gasteiger partial charge >= 0.3 is 5.97 Å². The number of rotatable bonds is 3. The number of carbonyl (C=O) groups excluding carboxylic acids is 1. The molecule has 4 N–H and O–H groups in total. The van der Waals surface area contributed by atoms with E-state index in [-0.39, 0.29) is 24.5 Å². The van der Waals surface area contributed by atoms with Gasteiger partial charge in [0.2, 0.25) is 5.91 Å². The standard InChI is InChI=1S/C13H15FN2O4/c1-13(6-20-5-10(13)15)12(19)16-9-3-2-7(14)4-8(9)11(17)18/h2-4,10H,5-6,15H2,1H3,(H,16,19)(H,17,18). The van der Waals surface area contributed by atoms with Gasteiger partial charge in [-0.25, -0.2) is 9.18 Å². The Morgan fingerprint density at radius 1 is 1.55 bits per heavy atom. The summed E-state index contributed by atoms with van der Waals surface area (Å²) in [5.41, 5.74) is 4.61. The molecular formula is C13H15FN2O4. The average molecular weight is 282 g/mol. The summed E-state index contributed by atoms with van der Waals surface area (Å²) in [4.78, 5) is 23.3. The van der Waals surface area contributed by atoms with Gasteiger partial charge in [-0.3, -0.25) is 4.79 Å². The number of amides is 1. The first-order chi connectivity index (χ1) is 9.34. The van der Waals surface area contributed by atoms with Crippen LogP contribution in [0.3, 0.4) is 0 Å². The SMILES string of the molecule is CC1(C(=O)Nc2ccc(F)cc2C(=O)O)COCC1N. The number of aromatic carboxylic acids is 1. The predicted molar refractivity (Wildman–Crippen MR) is 68.9 cm³/mol. The van der Waals surface area contributed by atoms with Crippen LogP contribution in [0.15, 0.2) is 18.2 Å².